The van der Waals surface area contributed by atoms with Crippen LogP contribution in [0.3, 0.4) is 0 Å². The molecular weight excluding hydrogens is 180 g/mol. The SMILES string of the molecule is CCC(=O)NCCNCC(=O)C(C)C. The largest absolute Gasteiger partial charge is 0.355 e. The maximum absolute atomic E-state index is 11.1. The van der Waals surface area contributed by atoms with Gasteiger partial charge in [-0.15, -0.1) is 0 Å². The highest BCUT2D eigenvalue weighted by atomic mass is 16.1. The quantitative estimate of drug-likeness (QED) is 0.582. The van der Waals surface area contributed by atoms with Crippen LogP contribution in [-0.4, -0.2) is 31.3 Å². The van der Waals surface area contributed by atoms with Crippen molar-refractivity contribution in [3.8, 4) is 0 Å². The molecule has 4 heteroatoms. The molecule has 0 heterocycles. The lowest BCUT2D eigenvalue weighted by atomic mass is 10.1. The lowest BCUT2D eigenvalue weighted by molar-refractivity contribution is -0.121. The topological polar surface area (TPSA) is 58.2 Å². The third kappa shape index (κ3) is 6.60. The second-order valence-electron chi connectivity index (χ2n) is 3.50. The van der Waals surface area contributed by atoms with Crippen molar-refractivity contribution in [2.24, 2.45) is 5.92 Å². The van der Waals surface area contributed by atoms with Gasteiger partial charge in [-0.1, -0.05) is 20.8 Å². The molecule has 0 aromatic carbocycles. The molecule has 4 nitrogen and oxygen atoms in total. The molecule has 0 aromatic heterocycles. The lowest BCUT2D eigenvalue weighted by Gasteiger charge is -2.06. The Kier molecular flexibility index (Phi) is 7.02. The van der Waals surface area contributed by atoms with Crippen LogP contribution >= 0.6 is 0 Å². The standard InChI is InChI=1S/C10H20N2O2/c1-4-10(14)12-6-5-11-7-9(13)8(2)3/h8,11H,4-7H2,1-3H3,(H,12,14). The summed E-state index contributed by atoms with van der Waals surface area (Å²) in [5.41, 5.74) is 0. The molecule has 1 amide bonds. The van der Waals surface area contributed by atoms with Gasteiger partial charge in [-0.05, 0) is 0 Å². The first kappa shape index (κ1) is 13.1. The average molecular weight is 200 g/mol. The summed E-state index contributed by atoms with van der Waals surface area (Å²) < 4.78 is 0. The average Bonchev–Trinajstić information content (AvgIpc) is 2.16. The molecule has 0 aliphatic heterocycles. The zero-order valence-corrected chi connectivity index (χ0v) is 9.22. The molecule has 0 atom stereocenters. The Bertz CT molecular complexity index is 191. The van der Waals surface area contributed by atoms with Gasteiger partial charge in [0.25, 0.3) is 0 Å². The molecule has 0 unspecified atom stereocenters. The molecule has 82 valence electrons. The normalized spacial score (nSPS) is 10.3. The summed E-state index contributed by atoms with van der Waals surface area (Å²) in [5, 5.41) is 5.70. The monoisotopic (exact) mass is 200 g/mol. The highest BCUT2D eigenvalue weighted by Gasteiger charge is 2.05. The first-order valence-corrected chi connectivity index (χ1v) is 5.08. The number of hydrogen-bond donors (Lipinski definition) is 2. The molecule has 0 spiro atoms. The van der Waals surface area contributed by atoms with Crippen molar-refractivity contribution < 1.29 is 9.59 Å². The molecular formula is C10H20N2O2. The summed E-state index contributed by atoms with van der Waals surface area (Å²) in [7, 11) is 0. The van der Waals surface area contributed by atoms with Gasteiger partial charge in [-0.2, -0.15) is 0 Å². The Morgan fingerprint density at radius 1 is 1.21 bits per heavy atom. The lowest BCUT2D eigenvalue weighted by Crippen LogP contribution is -2.34. The van der Waals surface area contributed by atoms with Crippen LogP contribution in [0.5, 0.6) is 0 Å². The summed E-state index contributed by atoms with van der Waals surface area (Å²) in [4.78, 5) is 22.0. The van der Waals surface area contributed by atoms with Gasteiger partial charge in [-0.25, -0.2) is 0 Å². The van der Waals surface area contributed by atoms with E-state index in [9.17, 15) is 9.59 Å². The van der Waals surface area contributed by atoms with E-state index < -0.39 is 0 Å². The highest BCUT2D eigenvalue weighted by molar-refractivity contribution is 5.82. The minimum absolute atomic E-state index is 0.0435. The van der Waals surface area contributed by atoms with E-state index in [1.54, 1.807) is 0 Å². The third-order valence-electron chi connectivity index (χ3n) is 1.89. The van der Waals surface area contributed by atoms with Crippen LogP contribution < -0.4 is 10.6 Å². The number of carbonyl (C=O) groups excluding carboxylic acids is 2. The fraction of sp³-hybridized carbons (Fsp3) is 0.800. The summed E-state index contributed by atoms with van der Waals surface area (Å²) in [6, 6.07) is 0. The van der Waals surface area contributed by atoms with Crippen molar-refractivity contribution >= 4 is 11.7 Å². The number of rotatable bonds is 7. The predicted molar refractivity (Wildman–Crippen MR) is 56.0 cm³/mol. The second-order valence-corrected chi connectivity index (χ2v) is 3.50. The Hall–Kier alpha value is -0.900. The summed E-state index contributed by atoms with van der Waals surface area (Å²) in [6.07, 6.45) is 0.505. The van der Waals surface area contributed by atoms with Crippen LogP contribution in [0, 0.1) is 5.92 Å². The van der Waals surface area contributed by atoms with Gasteiger partial charge in [0.05, 0.1) is 6.54 Å². The van der Waals surface area contributed by atoms with E-state index in [4.69, 9.17) is 0 Å². The van der Waals surface area contributed by atoms with E-state index >= 15 is 0 Å². The van der Waals surface area contributed by atoms with Crippen molar-refractivity contribution in [3.63, 3.8) is 0 Å². The smallest absolute Gasteiger partial charge is 0.219 e. The Morgan fingerprint density at radius 2 is 1.86 bits per heavy atom. The van der Waals surface area contributed by atoms with Crippen molar-refractivity contribution in [3.05, 3.63) is 0 Å². The molecule has 0 saturated heterocycles. The number of carbonyl (C=O) groups is 2. The van der Waals surface area contributed by atoms with Gasteiger partial charge < -0.3 is 10.6 Å². The number of hydrogen-bond acceptors (Lipinski definition) is 3. The van der Waals surface area contributed by atoms with Gasteiger partial charge in [0.2, 0.25) is 5.91 Å². The first-order chi connectivity index (χ1) is 6.57. The zero-order chi connectivity index (χ0) is 11.0. The molecule has 0 radical (unpaired) electrons. The van der Waals surface area contributed by atoms with Crippen molar-refractivity contribution in [2.75, 3.05) is 19.6 Å². The van der Waals surface area contributed by atoms with Crippen LogP contribution in [0.15, 0.2) is 0 Å². The van der Waals surface area contributed by atoms with E-state index in [1.807, 2.05) is 20.8 Å². The fourth-order valence-corrected chi connectivity index (χ4v) is 0.831. The zero-order valence-electron chi connectivity index (χ0n) is 9.22. The van der Waals surface area contributed by atoms with Gasteiger partial charge in [0, 0.05) is 25.4 Å². The molecule has 2 N–H and O–H groups in total. The van der Waals surface area contributed by atoms with Crippen molar-refractivity contribution in [2.45, 2.75) is 27.2 Å². The fourth-order valence-electron chi connectivity index (χ4n) is 0.831. The van der Waals surface area contributed by atoms with E-state index in [1.165, 1.54) is 0 Å². The number of Topliss-reactive ketones (excluding diaryl/α,β-unsaturated/α-hetero) is 1. The molecule has 14 heavy (non-hydrogen) atoms. The molecule has 0 bridgehead atoms. The number of ketones is 1. The van der Waals surface area contributed by atoms with E-state index in [0.29, 0.717) is 26.1 Å². The van der Waals surface area contributed by atoms with E-state index in [0.717, 1.165) is 0 Å². The molecule has 0 aromatic rings. The van der Waals surface area contributed by atoms with E-state index in [-0.39, 0.29) is 17.6 Å². The van der Waals surface area contributed by atoms with Crippen LogP contribution in [-0.2, 0) is 9.59 Å². The van der Waals surface area contributed by atoms with Crippen molar-refractivity contribution in [1.82, 2.24) is 10.6 Å². The van der Waals surface area contributed by atoms with Gasteiger partial charge >= 0.3 is 0 Å². The van der Waals surface area contributed by atoms with Gasteiger partial charge in [-0.3, -0.25) is 9.59 Å². The second kappa shape index (κ2) is 7.50. The summed E-state index contributed by atoms with van der Waals surface area (Å²) >= 11 is 0. The molecule has 0 aliphatic rings. The first-order valence-electron chi connectivity index (χ1n) is 5.08. The van der Waals surface area contributed by atoms with Crippen molar-refractivity contribution in [1.29, 1.82) is 0 Å². The van der Waals surface area contributed by atoms with Gasteiger partial charge in [0.15, 0.2) is 0 Å². The van der Waals surface area contributed by atoms with Crippen LogP contribution in [0.25, 0.3) is 0 Å². The minimum Gasteiger partial charge on any atom is -0.355 e. The molecule has 0 rings (SSSR count). The molecule has 0 aliphatic carbocycles. The minimum atomic E-state index is 0.0435. The maximum Gasteiger partial charge on any atom is 0.219 e. The predicted octanol–water partition coefficient (Wildman–Crippen LogP) is 0.327. The molecule has 0 saturated carbocycles. The summed E-state index contributed by atoms with van der Waals surface area (Å²) in [6.45, 7) is 7.18. The molecule has 0 fully saturated rings. The Balaban J connectivity index is 3.30. The maximum atomic E-state index is 11.1. The number of nitrogens with one attached hydrogen (secondary N) is 2. The Labute approximate surface area is 85.4 Å². The number of amides is 1. The third-order valence-corrected chi connectivity index (χ3v) is 1.89. The van der Waals surface area contributed by atoms with Gasteiger partial charge in [0.1, 0.15) is 5.78 Å². The van der Waals surface area contributed by atoms with Crippen LogP contribution in [0.4, 0.5) is 0 Å². The van der Waals surface area contributed by atoms with Crippen LogP contribution in [0.2, 0.25) is 0 Å². The Morgan fingerprint density at radius 3 is 2.36 bits per heavy atom. The van der Waals surface area contributed by atoms with E-state index in [2.05, 4.69) is 10.6 Å². The summed E-state index contributed by atoms with van der Waals surface area (Å²) in [5.74, 6) is 0.321. The van der Waals surface area contributed by atoms with Crippen LogP contribution in [0.1, 0.15) is 27.2 Å². The highest BCUT2D eigenvalue weighted by Crippen LogP contribution is 1.91.